The van der Waals surface area contributed by atoms with Crippen LogP contribution in [-0.4, -0.2) is 13.0 Å². The van der Waals surface area contributed by atoms with Gasteiger partial charge in [-0.25, -0.2) is 0 Å². The van der Waals surface area contributed by atoms with Crippen LogP contribution in [0.25, 0.3) is 0 Å². The van der Waals surface area contributed by atoms with Crippen LogP contribution in [0.5, 0.6) is 0 Å². The van der Waals surface area contributed by atoms with Crippen LogP contribution in [0.2, 0.25) is 5.02 Å². The summed E-state index contributed by atoms with van der Waals surface area (Å²) in [6, 6.07) is 13.6. The third-order valence-electron chi connectivity index (χ3n) is 3.92. The molecule has 0 N–H and O–H groups in total. The van der Waals surface area contributed by atoms with Crippen LogP contribution in [0.1, 0.15) is 28.5 Å². The van der Waals surface area contributed by atoms with Crippen molar-refractivity contribution in [1.82, 2.24) is 0 Å². The molecule has 21 heavy (non-hydrogen) atoms. The Balaban J connectivity index is 1.98. The van der Waals surface area contributed by atoms with Gasteiger partial charge in [0.15, 0.2) is 0 Å². The van der Waals surface area contributed by atoms with Crippen molar-refractivity contribution in [2.75, 3.05) is 11.9 Å². The van der Waals surface area contributed by atoms with Crippen molar-refractivity contribution in [3.05, 3.63) is 64.2 Å². The Labute approximate surface area is 134 Å². The predicted molar refractivity (Wildman–Crippen MR) is 87.3 cm³/mol. The standard InChI is InChI=1S/C17H15Cl2NO/c1-20-15-8-6-12(10-11(15)7-9-16(20)21)17(19)13-4-2-3-5-14(13)18/h2-6,8,10,17H,7,9H2,1H3. The van der Waals surface area contributed by atoms with E-state index in [9.17, 15) is 4.79 Å². The molecule has 1 heterocycles. The lowest BCUT2D eigenvalue weighted by molar-refractivity contribution is -0.118. The molecule has 1 aliphatic rings. The third kappa shape index (κ3) is 2.66. The molecular formula is C17H15Cl2NO. The Morgan fingerprint density at radius 2 is 1.90 bits per heavy atom. The van der Waals surface area contributed by atoms with Crippen LogP contribution in [0, 0.1) is 0 Å². The van der Waals surface area contributed by atoms with Gasteiger partial charge in [0.2, 0.25) is 5.91 Å². The van der Waals surface area contributed by atoms with E-state index in [0.717, 1.165) is 28.8 Å². The first-order chi connectivity index (χ1) is 10.1. The third-order valence-corrected chi connectivity index (χ3v) is 4.75. The minimum Gasteiger partial charge on any atom is -0.315 e. The van der Waals surface area contributed by atoms with E-state index in [1.54, 1.807) is 4.90 Å². The molecular weight excluding hydrogens is 305 g/mol. The number of amides is 1. The normalized spacial score (nSPS) is 15.8. The number of nitrogens with zero attached hydrogens (tertiary/aromatic N) is 1. The van der Waals surface area contributed by atoms with Crippen molar-refractivity contribution in [3.8, 4) is 0 Å². The van der Waals surface area contributed by atoms with Gasteiger partial charge in [-0.1, -0.05) is 41.9 Å². The van der Waals surface area contributed by atoms with Gasteiger partial charge in [-0.15, -0.1) is 11.6 Å². The van der Waals surface area contributed by atoms with Crippen LogP contribution < -0.4 is 4.90 Å². The van der Waals surface area contributed by atoms with Crippen molar-refractivity contribution in [2.24, 2.45) is 0 Å². The summed E-state index contributed by atoms with van der Waals surface area (Å²) in [5, 5.41) is 0.384. The van der Waals surface area contributed by atoms with Crippen LogP contribution in [0.3, 0.4) is 0 Å². The zero-order valence-electron chi connectivity index (χ0n) is 11.6. The molecule has 1 unspecified atom stereocenters. The molecule has 1 atom stereocenters. The number of halogens is 2. The summed E-state index contributed by atoms with van der Waals surface area (Å²) in [5.74, 6) is 0.156. The van der Waals surface area contributed by atoms with Gasteiger partial charge in [0.05, 0.1) is 5.38 Å². The Kier molecular flexibility index (Phi) is 3.92. The highest BCUT2D eigenvalue weighted by Crippen LogP contribution is 2.36. The molecule has 0 aromatic heterocycles. The lowest BCUT2D eigenvalue weighted by Gasteiger charge is -2.26. The van der Waals surface area contributed by atoms with E-state index in [4.69, 9.17) is 23.2 Å². The van der Waals surface area contributed by atoms with Crippen molar-refractivity contribution < 1.29 is 4.79 Å². The maximum absolute atomic E-state index is 11.7. The first kappa shape index (κ1) is 14.4. The van der Waals surface area contributed by atoms with Gasteiger partial charge in [-0.2, -0.15) is 0 Å². The molecule has 0 spiro atoms. The Hall–Kier alpha value is -1.51. The first-order valence-corrected chi connectivity index (χ1v) is 7.67. The van der Waals surface area contributed by atoms with E-state index in [0.29, 0.717) is 11.4 Å². The predicted octanol–water partition coefficient (Wildman–Crippen LogP) is 4.58. The monoisotopic (exact) mass is 319 g/mol. The summed E-state index contributed by atoms with van der Waals surface area (Å²) in [6.45, 7) is 0. The molecule has 0 aliphatic carbocycles. The summed E-state index contributed by atoms with van der Waals surface area (Å²) < 4.78 is 0. The zero-order chi connectivity index (χ0) is 15.0. The number of benzene rings is 2. The van der Waals surface area contributed by atoms with Crippen molar-refractivity contribution >= 4 is 34.8 Å². The number of aryl methyl sites for hydroxylation is 1. The van der Waals surface area contributed by atoms with Gasteiger partial charge in [0, 0.05) is 24.2 Å². The number of fused-ring (bicyclic) bond motifs is 1. The second-order valence-corrected chi connectivity index (χ2v) is 6.07. The fraction of sp³-hybridized carbons (Fsp3) is 0.235. The summed E-state index contributed by atoms with van der Waals surface area (Å²) >= 11 is 12.8. The van der Waals surface area contributed by atoms with Gasteiger partial charge in [-0.3, -0.25) is 4.79 Å². The lowest BCUT2D eigenvalue weighted by Crippen LogP contribution is -2.31. The molecule has 1 aliphatic heterocycles. The molecule has 108 valence electrons. The number of hydrogen-bond acceptors (Lipinski definition) is 1. The van der Waals surface area contributed by atoms with Crippen molar-refractivity contribution in [3.63, 3.8) is 0 Å². The largest absolute Gasteiger partial charge is 0.315 e. The quantitative estimate of drug-likeness (QED) is 0.742. The second-order valence-electron chi connectivity index (χ2n) is 5.22. The smallest absolute Gasteiger partial charge is 0.227 e. The van der Waals surface area contributed by atoms with E-state index < -0.39 is 0 Å². The zero-order valence-corrected chi connectivity index (χ0v) is 13.2. The number of hydrogen-bond donors (Lipinski definition) is 0. The van der Waals surface area contributed by atoms with Crippen molar-refractivity contribution in [2.45, 2.75) is 18.2 Å². The molecule has 0 saturated heterocycles. The molecule has 3 rings (SSSR count). The average Bonchev–Trinajstić information content (AvgIpc) is 2.50. The highest BCUT2D eigenvalue weighted by Gasteiger charge is 2.22. The van der Waals surface area contributed by atoms with Crippen LogP contribution in [-0.2, 0) is 11.2 Å². The molecule has 0 fully saturated rings. The van der Waals surface area contributed by atoms with Gasteiger partial charge in [0.25, 0.3) is 0 Å². The minimum atomic E-state index is -0.285. The fourth-order valence-corrected chi connectivity index (χ4v) is 3.32. The molecule has 2 nitrogen and oxygen atoms in total. The maximum Gasteiger partial charge on any atom is 0.227 e. The summed E-state index contributed by atoms with van der Waals surface area (Å²) in [4.78, 5) is 13.4. The SMILES string of the molecule is CN1C(=O)CCc2cc(C(Cl)c3ccccc3Cl)ccc21. The van der Waals surface area contributed by atoms with E-state index in [1.165, 1.54) is 0 Å². The van der Waals surface area contributed by atoms with E-state index in [1.807, 2.05) is 43.4 Å². The molecule has 0 bridgehead atoms. The summed E-state index contributed by atoms with van der Waals surface area (Å²) in [7, 11) is 1.81. The Morgan fingerprint density at radius 1 is 1.14 bits per heavy atom. The lowest BCUT2D eigenvalue weighted by atomic mass is 9.96. The Morgan fingerprint density at radius 3 is 2.67 bits per heavy atom. The number of rotatable bonds is 2. The average molecular weight is 320 g/mol. The van der Waals surface area contributed by atoms with Gasteiger partial charge in [0.1, 0.15) is 0 Å². The number of alkyl halides is 1. The molecule has 4 heteroatoms. The van der Waals surface area contributed by atoms with E-state index >= 15 is 0 Å². The molecule has 1 amide bonds. The maximum atomic E-state index is 11.7. The van der Waals surface area contributed by atoms with Crippen LogP contribution in [0.15, 0.2) is 42.5 Å². The highest BCUT2D eigenvalue weighted by atomic mass is 35.5. The first-order valence-electron chi connectivity index (χ1n) is 6.86. The van der Waals surface area contributed by atoms with Gasteiger partial charge < -0.3 is 4.90 Å². The Bertz CT molecular complexity index is 699. The van der Waals surface area contributed by atoms with Crippen LogP contribution in [0.4, 0.5) is 5.69 Å². The minimum absolute atomic E-state index is 0.156. The second kappa shape index (κ2) is 5.70. The fourth-order valence-electron chi connectivity index (χ4n) is 2.69. The summed E-state index contributed by atoms with van der Waals surface area (Å²) in [5.41, 5.74) is 4.04. The number of anilines is 1. The van der Waals surface area contributed by atoms with Crippen molar-refractivity contribution in [1.29, 1.82) is 0 Å². The number of carbonyl (C=O) groups is 1. The van der Waals surface area contributed by atoms with Crippen LogP contribution >= 0.6 is 23.2 Å². The summed E-state index contributed by atoms with van der Waals surface area (Å²) in [6.07, 6.45) is 1.31. The molecule has 0 radical (unpaired) electrons. The van der Waals surface area contributed by atoms with E-state index in [2.05, 4.69) is 6.07 Å². The van der Waals surface area contributed by atoms with Gasteiger partial charge >= 0.3 is 0 Å². The topological polar surface area (TPSA) is 20.3 Å². The molecule has 2 aromatic rings. The van der Waals surface area contributed by atoms with E-state index in [-0.39, 0.29) is 11.3 Å². The van der Waals surface area contributed by atoms with Gasteiger partial charge in [-0.05, 0) is 35.2 Å². The molecule has 0 saturated carbocycles. The number of carbonyl (C=O) groups excluding carboxylic acids is 1. The highest BCUT2D eigenvalue weighted by molar-refractivity contribution is 6.33. The molecule has 2 aromatic carbocycles.